The molecule has 1 aliphatic heterocycles. The largest absolute Gasteiger partial charge is 0.507 e. The highest BCUT2D eigenvalue weighted by Crippen LogP contribution is 2.47. The number of hydrogen-bond acceptors (Lipinski definition) is 7. The van der Waals surface area contributed by atoms with E-state index in [1.165, 1.54) is 18.1 Å². The Bertz CT molecular complexity index is 1500. The molecule has 1 fully saturated rings. The first kappa shape index (κ1) is 28.5. The first-order valence-corrected chi connectivity index (χ1v) is 13.0. The third-order valence-corrected chi connectivity index (χ3v) is 6.92. The zero-order valence-electron chi connectivity index (χ0n) is 23.9. The van der Waals surface area contributed by atoms with Gasteiger partial charge < -0.3 is 24.4 Å². The van der Waals surface area contributed by atoms with Crippen LogP contribution >= 0.6 is 0 Å². The lowest BCUT2D eigenvalue weighted by Gasteiger charge is -2.27. The number of hydrogen-bond donors (Lipinski definition) is 2. The molecule has 1 amide bonds. The molecule has 1 heterocycles. The zero-order valence-corrected chi connectivity index (χ0v) is 23.9. The highest BCUT2D eigenvalue weighted by Gasteiger charge is 2.48. The van der Waals surface area contributed by atoms with Crippen molar-refractivity contribution in [1.82, 2.24) is 0 Å². The normalized spacial score (nSPS) is 16.8. The molecule has 1 saturated heterocycles. The Morgan fingerprint density at radius 1 is 0.925 bits per heavy atom. The van der Waals surface area contributed by atoms with Crippen molar-refractivity contribution in [1.29, 1.82) is 0 Å². The van der Waals surface area contributed by atoms with Gasteiger partial charge in [0.2, 0.25) is 0 Å². The van der Waals surface area contributed by atoms with Gasteiger partial charge in [0.1, 0.15) is 17.3 Å². The number of aryl methyl sites for hydroxylation is 1. The zero-order chi connectivity index (χ0) is 29.4. The number of Topliss-reactive ketones (excluding diaryl/α,β-unsaturated/α-hetero) is 1. The van der Waals surface area contributed by atoms with Crippen LogP contribution in [0.4, 0.5) is 5.69 Å². The molecule has 3 aromatic rings. The smallest absolute Gasteiger partial charge is 0.300 e. The number of carbonyl (C=O) groups is 2. The SMILES string of the molecule is CCOc1cc(C2/C(=C(\O)c3ccc(OC)c(C(C)(C)C)c3)C(=O)C(=O)N2c2cc(C)ccc2O)ccc1OC. The van der Waals surface area contributed by atoms with E-state index < -0.39 is 17.7 Å². The number of rotatable bonds is 7. The summed E-state index contributed by atoms with van der Waals surface area (Å²) in [5, 5.41) is 22.4. The van der Waals surface area contributed by atoms with Crippen LogP contribution < -0.4 is 19.1 Å². The molecule has 4 rings (SSSR count). The van der Waals surface area contributed by atoms with Gasteiger partial charge in [-0.3, -0.25) is 14.5 Å². The van der Waals surface area contributed by atoms with E-state index in [1.807, 2.05) is 34.6 Å². The van der Waals surface area contributed by atoms with Crippen LogP contribution in [0.5, 0.6) is 23.0 Å². The minimum atomic E-state index is -1.06. The highest BCUT2D eigenvalue weighted by atomic mass is 16.5. The molecule has 1 atom stereocenters. The fraction of sp³-hybridized carbons (Fsp3) is 0.312. The van der Waals surface area contributed by atoms with Gasteiger partial charge in [-0.25, -0.2) is 0 Å². The minimum Gasteiger partial charge on any atom is -0.507 e. The number of carbonyl (C=O) groups excluding carboxylic acids is 2. The quantitative estimate of drug-likeness (QED) is 0.212. The molecule has 0 aromatic heterocycles. The number of benzene rings is 3. The van der Waals surface area contributed by atoms with E-state index in [4.69, 9.17) is 14.2 Å². The van der Waals surface area contributed by atoms with Crippen LogP contribution in [0.2, 0.25) is 0 Å². The predicted molar refractivity (Wildman–Crippen MR) is 153 cm³/mol. The fourth-order valence-corrected chi connectivity index (χ4v) is 4.95. The van der Waals surface area contributed by atoms with E-state index in [9.17, 15) is 19.8 Å². The van der Waals surface area contributed by atoms with Gasteiger partial charge in [-0.1, -0.05) is 32.9 Å². The van der Waals surface area contributed by atoms with Crippen LogP contribution in [0.25, 0.3) is 5.76 Å². The van der Waals surface area contributed by atoms with Gasteiger partial charge in [0, 0.05) is 11.1 Å². The number of amides is 1. The van der Waals surface area contributed by atoms with Crippen molar-refractivity contribution < 1.29 is 34.0 Å². The number of ether oxygens (including phenoxy) is 3. The molecule has 0 bridgehead atoms. The van der Waals surface area contributed by atoms with Crippen molar-refractivity contribution >= 4 is 23.1 Å². The summed E-state index contributed by atoms with van der Waals surface area (Å²) in [6.07, 6.45) is 0. The Kier molecular flexibility index (Phi) is 7.82. The van der Waals surface area contributed by atoms with Gasteiger partial charge in [0.15, 0.2) is 11.5 Å². The molecule has 210 valence electrons. The number of phenolic OH excluding ortho intramolecular Hbond substituents is 1. The van der Waals surface area contributed by atoms with Crippen LogP contribution in [0.15, 0.2) is 60.2 Å². The number of aliphatic hydroxyl groups is 1. The molecule has 8 nitrogen and oxygen atoms in total. The summed E-state index contributed by atoms with van der Waals surface area (Å²) < 4.78 is 16.7. The molecule has 0 saturated carbocycles. The molecule has 40 heavy (non-hydrogen) atoms. The Labute approximate surface area is 234 Å². The van der Waals surface area contributed by atoms with Gasteiger partial charge in [-0.2, -0.15) is 0 Å². The Balaban J connectivity index is 2.02. The monoisotopic (exact) mass is 545 g/mol. The molecule has 8 heteroatoms. The average molecular weight is 546 g/mol. The first-order chi connectivity index (χ1) is 18.9. The first-order valence-electron chi connectivity index (χ1n) is 13.0. The summed E-state index contributed by atoms with van der Waals surface area (Å²) >= 11 is 0. The van der Waals surface area contributed by atoms with Crippen LogP contribution in [-0.4, -0.2) is 42.7 Å². The second-order valence-electron chi connectivity index (χ2n) is 10.7. The molecule has 1 unspecified atom stereocenters. The lowest BCUT2D eigenvalue weighted by atomic mass is 9.84. The molecule has 0 aliphatic carbocycles. The topological polar surface area (TPSA) is 106 Å². The number of nitrogens with zero attached hydrogens (tertiary/aromatic N) is 1. The van der Waals surface area contributed by atoms with Crippen molar-refractivity contribution in [3.05, 3.63) is 82.4 Å². The second kappa shape index (κ2) is 11.0. The van der Waals surface area contributed by atoms with Crippen LogP contribution in [0.3, 0.4) is 0 Å². The minimum absolute atomic E-state index is 0.108. The van der Waals surface area contributed by atoms with E-state index in [0.29, 0.717) is 35.0 Å². The molecular formula is C32H35NO7. The summed E-state index contributed by atoms with van der Waals surface area (Å²) in [5.41, 5.74) is 2.18. The number of ketones is 1. The van der Waals surface area contributed by atoms with Crippen molar-refractivity contribution in [3.63, 3.8) is 0 Å². The fourth-order valence-electron chi connectivity index (χ4n) is 4.95. The van der Waals surface area contributed by atoms with Crippen molar-refractivity contribution in [2.45, 2.75) is 46.1 Å². The van der Waals surface area contributed by atoms with Gasteiger partial charge in [-0.15, -0.1) is 0 Å². The van der Waals surface area contributed by atoms with E-state index in [2.05, 4.69) is 0 Å². The van der Waals surface area contributed by atoms with E-state index in [-0.39, 0.29) is 28.2 Å². The van der Waals surface area contributed by atoms with Gasteiger partial charge in [-0.05, 0) is 72.9 Å². The number of aliphatic hydroxyl groups excluding tert-OH is 1. The van der Waals surface area contributed by atoms with E-state index in [0.717, 1.165) is 11.1 Å². The third-order valence-electron chi connectivity index (χ3n) is 6.92. The van der Waals surface area contributed by atoms with Crippen LogP contribution in [0.1, 0.15) is 56.0 Å². The highest BCUT2D eigenvalue weighted by molar-refractivity contribution is 6.52. The van der Waals surface area contributed by atoms with Gasteiger partial charge in [0.25, 0.3) is 11.7 Å². The van der Waals surface area contributed by atoms with Crippen molar-refractivity contribution in [2.75, 3.05) is 25.7 Å². The predicted octanol–water partition coefficient (Wildman–Crippen LogP) is 6.04. The van der Waals surface area contributed by atoms with Crippen molar-refractivity contribution in [2.24, 2.45) is 0 Å². The maximum absolute atomic E-state index is 13.7. The standard InChI is InChI=1S/C32H35NO7/c1-8-40-26-17-19(10-14-25(26)39-7)28-27(29(35)20-11-13-24(38-6)21(16-20)32(3,4)5)30(36)31(37)33(28)22-15-18(2)9-12-23(22)34/h9-17,28,34-35H,8H2,1-7H3/b29-27+. The molecular weight excluding hydrogens is 510 g/mol. The lowest BCUT2D eigenvalue weighted by Crippen LogP contribution is -2.29. The summed E-state index contributed by atoms with van der Waals surface area (Å²) in [6, 6.07) is 14.0. The summed E-state index contributed by atoms with van der Waals surface area (Å²) in [6.45, 7) is 10.1. The molecule has 2 N–H and O–H groups in total. The Morgan fingerprint density at radius 3 is 2.23 bits per heavy atom. The van der Waals surface area contributed by atoms with Crippen LogP contribution in [0, 0.1) is 6.92 Å². The number of methoxy groups -OCH3 is 2. The lowest BCUT2D eigenvalue weighted by molar-refractivity contribution is -0.132. The summed E-state index contributed by atoms with van der Waals surface area (Å²) in [4.78, 5) is 28.5. The third kappa shape index (κ3) is 5.09. The second-order valence-corrected chi connectivity index (χ2v) is 10.7. The number of phenols is 1. The molecule has 0 radical (unpaired) electrons. The Hall–Kier alpha value is -4.46. The maximum Gasteiger partial charge on any atom is 0.300 e. The van der Waals surface area contributed by atoms with E-state index in [1.54, 1.807) is 55.6 Å². The van der Waals surface area contributed by atoms with E-state index >= 15 is 0 Å². The molecule has 0 spiro atoms. The average Bonchev–Trinajstić information content (AvgIpc) is 3.18. The van der Waals surface area contributed by atoms with Gasteiger partial charge >= 0.3 is 0 Å². The van der Waals surface area contributed by atoms with Crippen molar-refractivity contribution in [3.8, 4) is 23.0 Å². The maximum atomic E-state index is 13.7. The molecule has 1 aliphatic rings. The summed E-state index contributed by atoms with van der Waals surface area (Å²) in [5.74, 6) is -0.708. The van der Waals surface area contributed by atoms with Gasteiger partial charge in [0.05, 0.1) is 38.1 Å². The summed E-state index contributed by atoms with van der Waals surface area (Å²) in [7, 11) is 3.09. The van der Waals surface area contributed by atoms with Crippen LogP contribution in [-0.2, 0) is 15.0 Å². The number of anilines is 1. The molecule has 3 aromatic carbocycles. The number of aromatic hydroxyl groups is 1. The Morgan fingerprint density at radius 2 is 1.60 bits per heavy atom.